The first kappa shape index (κ1) is 11.4. The molecule has 1 aliphatic rings. The van der Waals surface area contributed by atoms with Gasteiger partial charge in [0.15, 0.2) is 0 Å². The Labute approximate surface area is 86.6 Å². The van der Waals surface area contributed by atoms with Gasteiger partial charge in [-0.1, -0.05) is 0 Å². The SMILES string of the molecule is CC(=O)CCN1CC(=O)NC(=O)CC1=O. The molecule has 0 bridgehead atoms. The van der Waals surface area contributed by atoms with Crippen LogP contribution in [-0.4, -0.2) is 41.5 Å². The molecule has 1 fully saturated rings. The molecule has 3 amide bonds. The molecule has 0 aromatic rings. The molecule has 0 unspecified atom stereocenters. The first-order valence-corrected chi connectivity index (χ1v) is 4.59. The highest BCUT2D eigenvalue weighted by Crippen LogP contribution is 2.01. The highest BCUT2D eigenvalue weighted by molar-refractivity contribution is 6.07. The van der Waals surface area contributed by atoms with E-state index < -0.39 is 17.7 Å². The van der Waals surface area contributed by atoms with Crippen molar-refractivity contribution in [2.75, 3.05) is 13.1 Å². The van der Waals surface area contributed by atoms with Gasteiger partial charge in [-0.05, 0) is 6.92 Å². The zero-order chi connectivity index (χ0) is 11.4. The number of hydrogen-bond donors (Lipinski definition) is 1. The lowest BCUT2D eigenvalue weighted by atomic mass is 10.2. The minimum absolute atomic E-state index is 0.0567. The van der Waals surface area contributed by atoms with Crippen molar-refractivity contribution in [1.82, 2.24) is 10.2 Å². The van der Waals surface area contributed by atoms with E-state index in [1.165, 1.54) is 11.8 Å². The molecule has 0 aliphatic carbocycles. The number of amides is 3. The van der Waals surface area contributed by atoms with E-state index in [9.17, 15) is 19.2 Å². The Kier molecular flexibility index (Phi) is 3.54. The molecule has 6 nitrogen and oxygen atoms in total. The molecule has 0 atom stereocenters. The van der Waals surface area contributed by atoms with Crippen molar-refractivity contribution >= 4 is 23.5 Å². The predicted octanol–water partition coefficient (Wildman–Crippen LogP) is -1.16. The Morgan fingerprint density at radius 2 is 2.00 bits per heavy atom. The number of ketones is 1. The van der Waals surface area contributed by atoms with E-state index in [0.29, 0.717) is 0 Å². The van der Waals surface area contributed by atoms with Crippen molar-refractivity contribution in [2.45, 2.75) is 19.8 Å². The molecule has 1 N–H and O–H groups in total. The number of rotatable bonds is 3. The Hall–Kier alpha value is -1.72. The number of hydrogen-bond acceptors (Lipinski definition) is 4. The maximum Gasteiger partial charge on any atom is 0.246 e. The second kappa shape index (κ2) is 4.68. The first-order chi connectivity index (χ1) is 6.99. The van der Waals surface area contributed by atoms with Crippen LogP contribution in [-0.2, 0) is 19.2 Å². The van der Waals surface area contributed by atoms with E-state index in [-0.39, 0.29) is 31.7 Å². The minimum atomic E-state index is -0.588. The number of imide groups is 1. The van der Waals surface area contributed by atoms with Gasteiger partial charge in [-0.2, -0.15) is 0 Å². The molecular weight excluding hydrogens is 200 g/mol. The molecule has 15 heavy (non-hydrogen) atoms. The molecule has 0 spiro atoms. The zero-order valence-electron chi connectivity index (χ0n) is 8.41. The van der Waals surface area contributed by atoms with Gasteiger partial charge in [0.05, 0.1) is 6.54 Å². The monoisotopic (exact) mass is 212 g/mol. The van der Waals surface area contributed by atoms with Gasteiger partial charge in [0.1, 0.15) is 12.2 Å². The first-order valence-electron chi connectivity index (χ1n) is 4.59. The summed E-state index contributed by atoms with van der Waals surface area (Å²) in [6, 6.07) is 0. The molecule has 82 valence electrons. The third-order valence-electron chi connectivity index (χ3n) is 2.01. The summed E-state index contributed by atoms with van der Waals surface area (Å²) in [7, 11) is 0. The Balaban J connectivity index is 2.61. The van der Waals surface area contributed by atoms with Crippen molar-refractivity contribution in [3.05, 3.63) is 0 Å². The van der Waals surface area contributed by atoms with Crippen LogP contribution in [0.2, 0.25) is 0 Å². The van der Waals surface area contributed by atoms with E-state index in [2.05, 4.69) is 5.32 Å². The van der Waals surface area contributed by atoms with Gasteiger partial charge in [-0.15, -0.1) is 0 Å². The number of carbonyl (C=O) groups is 4. The largest absolute Gasteiger partial charge is 0.332 e. The molecule has 0 aromatic carbocycles. The average molecular weight is 212 g/mol. The predicted molar refractivity (Wildman–Crippen MR) is 49.6 cm³/mol. The third kappa shape index (κ3) is 3.49. The highest BCUT2D eigenvalue weighted by atomic mass is 16.2. The summed E-state index contributed by atoms with van der Waals surface area (Å²) in [4.78, 5) is 45.4. The van der Waals surface area contributed by atoms with Gasteiger partial charge >= 0.3 is 0 Å². The standard InChI is InChI=1S/C9H12N2O4/c1-6(12)2-3-11-5-8(14)10-7(13)4-9(11)15/h2-5H2,1H3,(H,10,13,14). The number of Topliss-reactive ketones (excluding diaryl/α,β-unsaturated/α-hetero) is 1. The number of nitrogens with one attached hydrogen (secondary N) is 1. The van der Waals surface area contributed by atoms with Gasteiger partial charge in [0.25, 0.3) is 0 Å². The molecule has 0 radical (unpaired) electrons. The Morgan fingerprint density at radius 1 is 1.33 bits per heavy atom. The van der Waals surface area contributed by atoms with E-state index in [1.54, 1.807) is 0 Å². The summed E-state index contributed by atoms with van der Waals surface area (Å²) in [5, 5.41) is 2.06. The van der Waals surface area contributed by atoms with Crippen molar-refractivity contribution in [3.63, 3.8) is 0 Å². The molecule has 1 saturated heterocycles. The van der Waals surface area contributed by atoms with E-state index in [1.807, 2.05) is 0 Å². The van der Waals surface area contributed by atoms with Crippen LogP contribution in [0.1, 0.15) is 19.8 Å². The Bertz CT molecular complexity index is 324. The maximum absolute atomic E-state index is 11.4. The van der Waals surface area contributed by atoms with E-state index >= 15 is 0 Å². The normalized spacial score (nSPS) is 17.4. The van der Waals surface area contributed by atoms with Crippen LogP contribution in [0.5, 0.6) is 0 Å². The van der Waals surface area contributed by atoms with E-state index in [4.69, 9.17) is 0 Å². The van der Waals surface area contributed by atoms with Gasteiger partial charge in [-0.25, -0.2) is 0 Å². The maximum atomic E-state index is 11.4. The fourth-order valence-corrected chi connectivity index (χ4v) is 1.25. The molecule has 0 aromatic heterocycles. The van der Waals surface area contributed by atoms with Crippen LogP contribution in [0.25, 0.3) is 0 Å². The highest BCUT2D eigenvalue weighted by Gasteiger charge is 2.25. The van der Waals surface area contributed by atoms with Crippen LogP contribution >= 0.6 is 0 Å². The number of carbonyl (C=O) groups excluding carboxylic acids is 4. The Morgan fingerprint density at radius 3 is 2.60 bits per heavy atom. The van der Waals surface area contributed by atoms with Crippen LogP contribution in [0.3, 0.4) is 0 Å². The van der Waals surface area contributed by atoms with Crippen LogP contribution in [0.15, 0.2) is 0 Å². The second-order valence-electron chi connectivity index (χ2n) is 3.42. The lowest BCUT2D eigenvalue weighted by molar-refractivity contribution is -0.135. The average Bonchev–Trinajstić information content (AvgIpc) is 2.21. The summed E-state index contributed by atoms with van der Waals surface area (Å²) >= 11 is 0. The lowest BCUT2D eigenvalue weighted by Gasteiger charge is -2.17. The van der Waals surface area contributed by atoms with Crippen molar-refractivity contribution in [1.29, 1.82) is 0 Å². The van der Waals surface area contributed by atoms with Crippen molar-refractivity contribution < 1.29 is 19.2 Å². The fraction of sp³-hybridized carbons (Fsp3) is 0.556. The molecule has 1 rings (SSSR count). The molecule has 1 aliphatic heterocycles. The topological polar surface area (TPSA) is 83.6 Å². The second-order valence-corrected chi connectivity index (χ2v) is 3.42. The van der Waals surface area contributed by atoms with Crippen LogP contribution in [0, 0.1) is 0 Å². The van der Waals surface area contributed by atoms with Gasteiger partial charge < -0.3 is 4.90 Å². The molecule has 1 heterocycles. The third-order valence-corrected chi connectivity index (χ3v) is 2.01. The quantitative estimate of drug-likeness (QED) is 0.472. The van der Waals surface area contributed by atoms with Crippen molar-refractivity contribution in [2.24, 2.45) is 0 Å². The minimum Gasteiger partial charge on any atom is -0.332 e. The summed E-state index contributed by atoms with van der Waals surface area (Å²) in [5.41, 5.74) is 0. The molecular formula is C9H12N2O4. The number of nitrogens with zero attached hydrogens (tertiary/aromatic N) is 1. The van der Waals surface area contributed by atoms with Gasteiger partial charge in [0, 0.05) is 13.0 Å². The molecule has 0 saturated carbocycles. The summed E-state index contributed by atoms with van der Waals surface area (Å²) < 4.78 is 0. The molecule has 6 heteroatoms. The van der Waals surface area contributed by atoms with Gasteiger partial charge in [0.2, 0.25) is 17.7 Å². The summed E-state index contributed by atoms with van der Waals surface area (Å²) in [6.07, 6.45) is -0.128. The van der Waals surface area contributed by atoms with Crippen LogP contribution in [0.4, 0.5) is 0 Å². The zero-order valence-corrected chi connectivity index (χ0v) is 8.41. The lowest BCUT2D eigenvalue weighted by Crippen LogP contribution is -2.37. The van der Waals surface area contributed by atoms with Crippen molar-refractivity contribution in [3.8, 4) is 0 Å². The fourth-order valence-electron chi connectivity index (χ4n) is 1.25. The van der Waals surface area contributed by atoms with Gasteiger partial charge in [-0.3, -0.25) is 24.5 Å². The summed E-state index contributed by atoms with van der Waals surface area (Å²) in [5.74, 6) is -1.57. The van der Waals surface area contributed by atoms with E-state index in [0.717, 1.165) is 0 Å². The van der Waals surface area contributed by atoms with Crippen LogP contribution < -0.4 is 5.32 Å². The summed E-state index contributed by atoms with van der Waals surface area (Å²) in [6.45, 7) is 1.44. The smallest absolute Gasteiger partial charge is 0.246 e.